The molecule has 5 nitrogen and oxygen atoms in total. The van der Waals surface area contributed by atoms with Gasteiger partial charge in [-0.15, -0.1) is 0 Å². The minimum atomic E-state index is -0.107. The van der Waals surface area contributed by atoms with Crippen LogP contribution in [0.2, 0.25) is 0 Å². The lowest BCUT2D eigenvalue weighted by Crippen LogP contribution is -2.42. The Bertz CT molecular complexity index is 410. The molecule has 5 heteroatoms. The average molecular weight is 307 g/mol. The van der Waals surface area contributed by atoms with Crippen LogP contribution in [0.25, 0.3) is 0 Å². The van der Waals surface area contributed by atoms with Gasteiger partial charge in [0.15, 0.2) is 0 Å². The molecule has 0 spiro atoms. The minimum Gasteiger partial charge on any atom is -0.341 e. The Balaban J connectivity index is 1.57. The highest BCUT2D eigenvalue weighted by Crippen LogP contribution is 2.31. The summed E-state index contributed by atoms with van der Waals surface area (Å²) in [5.41, 5.74) is 0. The summed E-state index contributed by atoms with van der Waals surface area (Å²) in [6, 6.07) is 0.382. The fourth-order valence-electron chi connectivity index (χ4n) is 4.13. The van der Waals surface area contributed by atoms with Gasteiger partial charge in [0.2, 0.25) is 11.8 Å². The highest BCUT2D eigenvalue weighted by Gasteiger charge is 2.40. The van der Waals surface area contributed by atoms with Gasteiger partial charge in [0.05, 0.1) is 5.92 Å². The standard InChI is InChI=1S/C17H29N3O2/c1-13-3-5-15(6-4-13)20-12-14(11-16(20)21)17(22)19-9-2-7-18-8-10-19/h13-15,18H,2-12H2,1H3. The molecular weight excluding hydrogens is 278 g/mol. The monoisotopic (exact) mass is 307 g/mol. The van der Waals surface area contributed by atoms with Crippen LogP contribution in [0.3, 0.4) is 0 Å². The van der Waals surface area contributed by atoms with Gasteiger partial charge in [0.1, 0.15) is 0 Å². The zero-order valence-corrected chi connectivity index (χ0v) is 13.7. The molecule has 0 aromatic rings. The van der Waals surface area contributed by atoms with Gasteiger partial charge >= 0.3 is 0 Å². The summed E-state index contributed by atoms with van der Waals surface area (Å²) < 4.78 is 0. The summed E-state index contributed by atoms with van der Waals surface area (Å²) in [6.07, 6.45) is 6.09. The number of nitrogens with zero attached hydrogens (tertiary/aromatic N) is 2. The second-order valence-electron chi connectivity index (χ2n) is 7.29. The van der Waals surface area contributed by atoms with Crippen molar-refractivity contribution in [3.8, 4) is 0 Å². The van der Waals surface area contributed by atoms with Gasteiger partial charge in [-0.3, -0.25) is 9.59 Å². The lowest BCUT2D eigenvalue weighted by atomic mass is 9.86. The van der Waals surface area contributed by atoms with Gasteiger partial charge in [-0.2, -0.15) is 0 Å². The molecule has 0 bridgehead atoms. The third-order valence-corrected chi connectivity index (χ3v) is 5.59. The van der Waals surface area contributed by atoms with E-state index in [0.717, 1.165) is 51.4 Å². The summed E-state index contributed by atoms with van der Waals surface area (Å²) in [6.45, 7) is 6.42. The number of rotatable bonds is 2. The summed E-state index contributed by atoms with van der Waals surface area (Å²) in [4.78, 5) is 29.0. The molecule has 1 saturated carbocycles. The molecule has 1 aliphatic carbocycles. The first-order valence-corrected chi connectivity index (χ1v) is 8.94. The van der Waals surface area contributed by atoms with Crippen LogP contribution in [0.1, 0.15) is 45.4 Å². The smallest absolute Gasteiger partial charge is 0.228 e. The molecule has 1 unspecified atom stereocenters. The summed E-state index contributed by atoms with van der Waals surface area (Å²) in [5, 5.41) is 3.32. The van der Waals surface area contributed by atoms with Gasteiger partial charge < -0.3 is 15.1 Å². The zero-order chi connectivity index (χ0) is 15.5. The summed E-state index contributed by atoms with van der Waals surface area (Å²) in [7, 11) is 0. The number of carbonyl (C=O) groups is 2. The van der Waals surface area contributed by atoms with E-state index in [1.54, 1.807) is 0 Å². The van der Waals surface area contributed by atoms with E-state index in [9.17, 15) is 9.59 Å². The van der Waals surface area contributed by atoms with Crippen molar-refractivity contribution >= 4 is 11.8 Å². The Kier molecular flexibility index (Phi) is 5.01. The molecule has 0 radical (unpaired) electrons. The fraction of sp³-hybridized carbons (Fsp3) is 0.882. The first-order chi connectivity index (χ1) is 10.6. The van der Waals surface area contributed by atoms with Crippen molar-refractivity contribution in [1.29, 1.82) is 0 Å². The van der Waals surface area contributed by atoms with E-state index < -0.39 is 0 Å². The highest BCUT2D eigenvalue weighted by molar-refractivity contribution is 5.89. The van der Waals surface area contributed by atoms with E-state index in [-0.39, 0.29) is 17.7 Å². The van der Waals surface area contributed by atoms with Crippen LogP contribution in [0.15, 0.2) is 0 Å². The van der Waals surface area contributed by atoms with E-state index in [4.69, 9.17) is 0 Å². The Morgan fingerprint density at radius 3 is 2.68 bits per heavy atom. The third-order valence-electron chi connectivity index (χ3n) is 5.59. The highest BCUT2D eigenvalue weighted by atomic mass is 16.2. The predicted molar refractivity (Wildman–Crippen MR) is 85.3 cm³/mol. The van der Waals surface area contributed by atoms with Crippen LogP contribution in [0.5, 0.6) is 0 Å². The van der Waals surface area contributed by atoms with Crippen LogP contribution in [-0.4, -0.2) is 60.4 Å². The van der Waals surface area contributed by atoms with Gasteiger partial charge in [0.25, 0.3) is 0 Å². The van der Waals surface area contributed by atoms with E-state index in [2.05, 4.69) is 12.2 Å². The molecule has 0 aromatic heterocycles. The Morgan fingerprint density at radius 2 is 1.91 bits per heavy atom. The SMILES string of the molecule is CC1CCC(N2CC(C(=O)N3CCCNCC3)CC2=O)CC1. The minimum absolute atomic E-state index is 0.107. The molecule has 0 aromatic carbocycles. The summed E-state index contributed by atoms with van der Waals surface area (Å²) >= 11 is 0. The van der Waals surface area contributed by atoms with Crippen molar-refractivity contribution < 1.29 is 9.59 Å². The lowest BCUT2D eigenvalue weighted by molar-refractivity contribution is -0.135. The van der Waals surface area contributed by atoms with Crippen molar-refractivity contribution in [2.75, 3.05) is 32.7 Å². The van der Waals surface area contributed by atoms with Gasteiger partial charge in [-0.1, -0.05) is 6.92 Å². The molecule has 2 aliphatic heterocycles. The number of nitrogens with one attached hydrogen (secondary N) is 1. The number of carbonyl (C=O) groups excluding carboxylic acids is 2. The third kappa shape index (κ3) is 3.45. The van der Waals surface area contributed by atoms with Crippen molar-refractivity contribution in [2.45, 2.75) is 51.5 Å². The van der Waals surface area contributed by atoms with E-state index >= 15 is 0 Å². The van der Waals surface area contributed by atoms with Crippen LogP contribution < -0.4 is 5.32 Å². The molecule has 3 aliphatic rings. The maximum absolute atomic E-state index is 12.7. The molecule has 2 heterocycles. The zero-order valence-electron chi connectivity index (χ0n) is 13.7. The molecule has 22 heavy (non-hydrogen) atoms. The second kappa shape index (κ2) is 6.99. The van der Waals surface area contributed by atoms with Crippen LogP contribution >= 0.6 is 0 Å². The Labute approximate surface area is 133 Å². The van der Waals surface area contributed by atoms with Crippen molar-refractivity contribution in [1.82, 2.24) is 15.1 Å². The molecule has 2 saturated heterocycles. The summed E-state index contributed by atoms with van der Waals surface area (Å²) in [5.74, 6) is 1.08. The molecular formula is C17H29N3O2. The van der Waals surface area contributed by atoms with E-state index in [1.807, 2.05) is 9.80 Å². The van der Waals surface area contributed by atoms with Crippen molar-refractivity contribution in [3.63, 3.8) is 0 Å². The number of hydrogen-bond acceptors (Lipinski definition) is 3. The van der Waals surface area contributed by atoms with Crippen LogP contribution in [-0.2, 0) is 9.59 Å². The molecule has 3 fully saturated rings. The maximum Gasteiger partial charge on any atom is 0.228 e. The molecule has 1 N–H and O–H groups in total. The quantitative estimate of drug-likeness (QED) is 0.835. The van der Waals surface area contributed by atoms with Crippen LogP contribution in [0, 0.1) is 11.8 Å². The van der Waals surface area contributed by atoms with Crippen LogP contribution in [0.4, 0.5) is 0 Å². The molecule has 124 valence electrons. The van der Waals surface area contributed by atoms with Gasteiger partial charge in [-0.05, 0) is 44.6 Å². The van der Waals surface area contributed by atoms with Crippen molar-refractivity contribution in [3.05, 3.63) is 0 Å². The first kappa shape index (κ1) is 15.8. The number of amides is 2. The average Bonchev–Trinajstić information content (AvgIpc) is 2.74. The Hall–Kier alpha value is -1.10. The molecule has 2 amide bonds. The lowest BCUT2D eigenvalue weighted by Gasteiger charge is -2.34. The topological polar surface area (TPSA) is 52.7 Å². The van der Waals surface area contributed by atoms with Gasteiger partial charge in [-0.25, -0.2) is 0 Å². The predicted octanol–water partition coefficient (Wildman–Crippen LogP) is 1.24. The maximum atomic E-state index is 12.7. The Morgan fingerprint density at radius 1 is 1.14 bits per heavy atom. The number of hydrogen-bond donors (Lipinski definition) is 1. The largest absolute Gasteiger partial charge is 0.341 e. The first-order valence-electron chi connectivity index (χ1n) is 8.94. The van der Waals surface area contributed by atoms with Gasteiger partial charge in [0, 0.05) is 38.6 Å². The molecule has 3 rings (SSSR count). The second-order valence-corrected chi connectivity index (χ2v) is 7.29. The van der Waals surface area contributed by atoms with Crippen molar-refractivity contribution in [2.24, 2.45) is 11.8 Å². The fourth-order valence-corrected chi connectivity index (χ4v) is 4.13. The van der Waals surface area contributed by atoms with E-state index in [0.29, 0.717) is 19.0 Å². The number of likely N-dealkylation sites (tertiary alicyclic amines) is 1. The molecule has 1 atom stereocenters. The normalized spacial score (nSPS) is 33.9. The van der Waals surface area contributed by atoms with E-state index in [1.165, 1.54) is 12.8 Å².